The normalized spacial score (nSPS) is 12.7. The Morgan fingerprint density at radius 2 is 1.57 bits per heavy atom. The SMILES string of the molecule is NN=C(C[C@@H](C(=O)O)c1cn(Cc2ccccc2)c2ccccc12)c1ccccc1. The van der Waals surface area contributed by atoms with Crippen molar-refractivity contribution in [3.63, 3.8) is 0 Å². The first-order valence-corrected chi connectivity index (χ1v) is 9.84. The number of fused-ring (bicyclic) bond motifs is 1. The first kappa shape index (κ1) is 19.5. The molecule has 0 aliphatic rings. The number of nitrogens with zero attached hydrogens (tertiary/aromatic N) is 2. The van der Waals surface area contributed by atoms with Crippen LogP contribution in [0.3, 0.4) is 0 Å². The van der Waals surface area contributed by atoms with Crippen LogP contribution in [-0.2, 0) is 11.3 Å². The van der Waals surface area contributed by atoms with Crippen LogP contribution in [0.15, 0.2) is 96.2 Å². The number of nitrogens with two attached hydrogens (primary N) is 1. The molecule has 150 valence electrons. The van der Waals surface area contributed by atoms with E-state index in [-0.39, 0.29) is 6.42 Å². The Labute approximate surface area is 175 Å². The van der Waals surface area contributed by atoms with Crippen molar-refractivity contribution in [3.05, 3.63) is 108 Å². The molecule has 30 heavy (non-hydrogen) atoms. The molecule has 1 atom stereocenters. The van der Waals surface area contributed by atoms with Crippen molar-refractivity contribution >= 4 is 22.6 Å². The van der Waals surface area contributed by atoms with E-state index in [1.165, 1.54) is 0 Å². The third-order valence-corrected chi connectivity index (χ3v) is 5.35. The first-order valence-electron chi connectivity index (χ1n) is 9.84. The minimum Gasteiger partial charge on any atom is -0.481 e. The fourth-order valence-electron chi connectivity index (χ4n) is 3.86. The zero-order valence-electron chi connectivity index (χ0n) is 16.5. The second kappa shape index (κ2) is 8.66. The molecule has 4 rings (SSSR count). The fraction of sp³-hybridized carbons (Fsp3) is 0.120. The molecule has 0 bridgehead atoms. The lowest BCUT2D eigenvalue weighted by atomic mass is 9.91. The lowest BCUT2D eigenvalue weighted by Gasteiger charge is -2.13. The monoisotopic (exact) mass is 397 g/mol. The van der Waals surface area contributed by atoms with Crippen LogP contribution >= 0.6 is 0 Å². The predicted octanol–water partition coefficient (Wildman–Crippen LogP) is 4.61. The minimum atomic E-state index is -0.894. The molecule has 3 aromatic carbocycles. The molecule has 0 aliphatic carbocycles. The van der Waals surface area contributed by atoms with Gasteiger partial charge in [0.1, 0.15) is 0 Å². The van der Waals surface area contributed by atoms with E-state index >= 15 is 0 Å². The molecule has 1 aromatic heterocycles. The van der Waals surface area contributed by atoms with Crippen LogP contribution in [0.2, 0.25) is 0 Å². The smallest absolute Gasteiger partial charge is 0.311 e. The molecule has 0 unspecified atom stereocenters. The lowest BCUT2D eigenvalue weighted by molar-refractivity contribution is -0.138. The minimum absolute atomic E-state index is 0.217. The summed E-state index contributed by atoms with van der Waals surface area (Å²) in [6, 6.07) is 27.5. The molecule has 0 radical (unpaired) electrons. The number of hydrogen-bond acceptors (Lipinski definition) is 3. The number of aromatic nitrogens is 1. The summed E-state index contributed by atoms with van der Waals surface area (Å²) in [5.41, 5.74) is 4.34. The van der Waals surface area contributed by atoms with Crippen LogP contribution in [0, 0.1) is 0 Å². The number of aliphatic carboxylic acids is 1. The number of hydrogen-bond donors (Lipinski definition) is 2. The Hall–Kier alpha value is -3.86. The van der Waals surface area contributed by atoms with Gasteiger partial charge < -0.3 is 15.5 Å². The summed E-state index contributed by atoms with van der Waals surface area (Å²) in [6.07, 6.45) is 2.17. The average Bonchev–Trinajstić information content (AvgIpc) is 3.14. The summed E-state index contributed by atoms with van der Waals surface area (Å²) in [6.45, 7) is 0.671. The lowest BCUT2D eigenvalue weighted by Crippen LogP contribution is -2.18. The van der Waals surface area contributed by atoms with Crippen LogP contribution in [0.4, 0.5) is 0 Å². The summed E-state index contributed by atoms with van der Waals surface area (Å²) in [4.78, 5) is 12.3. The van der Waals surface area contributed by atoms with E-state index in [0.717, 1.165) is 27.6 Å². The summed E-state index contributed by atoms with van der Waals surface area (Å²) < 4.78 is 2.11. The second-order valence-corrected chi connectivity index (χ2v) is 7.25. The van der Waals surface area contributed by atoms with Crippen LogP contribution in [0.5, 0.6) is 0 Å². The molecule has 5 heteroatoms. The van der Waals surface area contributed by atoms with Crippen molar-refractivity contribution in [3.8, 4) is 0 Å². The molecule has 0 saturated heterocycles. The van der Waals surface area contributed by atoms with Gasteiger partial charge in [0.25, 0.3) is 0 Å². The number of carboxylic acid groups (broad SMARTS) is 1. The van der Waals surface area contributed by atoms with E-state index in [2.05, 4.69) is 21.8 Å². The molecule has 0 spiro atoms. The second-order valence-electron chi connectivity index (χ2n) is 7.25. The maximum Gasteiger partial charge on any atom is 0.311 e. The molecule has 0 fully saturated rings. The Morgan fingerprint density at radius 3 is 2.23 bits per heavy atom. The summed E-state index contributed by atoms with van der Waals surface area (Å²) in [5.74, 6) is 3.99. The summed E-state index contributed by atoms with van der Waals surface area (Å²) >= 11 is 0. The highest BCUT2D eigenvalue weighted by molar-refractivity contribution is 6.03. The van der Waals surface area contributed by atoms with Gasteiger partial charge in [0.2, 0.25) is 0 Å². The van der Waals surface area contributed by atoms with Crippen LogP contribution < -0.4 is 5.84 Å². The van der Waals surface area contributed by atoms with Crippen LogP contribution in [0.25, 0.3) is 10.9 Å². The molecule has 0 saturated carbocycles. The third-order valence-electron chi connectivity index (χ3n) is 5.35. The number of para-hydroxylation sites is 1. The van der Waals surface area contributed by atoms with Crippen molar-refractivity contribution < 1.29 is 9.90 Å². The zero-order valence-corrected chi connectivity index (χ0v) is 16.5. The van der Waals surface area contributed by atoms with Gasteiger partial charge in [-0.2, -0.15) is 5.10 Å². The molecule has 4 aromatic rings. The van der Waals surface area contributed by atoms with Gasteiger partial charge in [-0.05, 0) is 22.8 Å². The van der Waals surface area contributed by atoms with E-state index in [9.17, 15) is 9.90 Å². The van der Waals surface area contributed by atoms with E-state index in [1.807, 2.05) is 79.0 Å². The number of rotatable bonds is 7. The quantitative estimate of drug-likeness (QED) is 0.271. The molecule has 0 aliphatic heterocycles. The Balaban J connectivity index is 1.75. The number of carboxylic acids is 1. The van der Waals surface area contributed by atoms with Crippen molar-refractivity contribution in [2.45, 2.75) is 18.9 Å². The van der Waals surface area contributed by atoms with Gasteiger partial charge in [0.05, 0.1) is 11.6 Å². The van der Waals surface area contributed by atoms with Gasteiger partial charge in [-0.25, -0.2) is 0 Å². The van der Waals surface area contributed by atoms with E-state index < -0.39 is 11.9 Å². The third kappa shape index (κ3) is 3.96. The summed E-state index contributed by atoms with van der Waals surface area (Å²) in [7, 11) is 0. The van der Waals surface area contributed by atoms with E-state index in [1.54, 1.807) is 0 Å². The van der Waals surface area contributed by atoms with Gasteiger partial charge in [-0.1, -0.05) is 78.9 Å². The van der Waals surface area contributed by atoms with Gasteiger partial charge in [-0.15, -0.1) is 0 Å². The highest BCUT2D eigenvalue weighted by Crippen LogP contribution is 2.32. The Bertz CT molecular complexity index is 1180. The van der Waals surface area contributed by atoms with E-state index in [0.29, 0.717) is 12.3 Å². The van der Waals surface area contributed by atoms with Gasteiger partial charge >= 0.3 is 5.97 Å². The first-order chi connectivity index (χ1) is 14.7. The Morgan fingerprint density at radius 1 is 0.933 bits per heavy atom. The van der Waals surface area contributed by atoms with Gasteiger partial charge in [-0.3, -0.25) is 4.79 Å². The van der Waals surface area contributed by atoms with Crippen molar-refractivity contribution in [1.82, 2.24) is 4.57 Å². The molecular formula is C25H23N3O2. The predicted molar refractivity (Wildman–Crippen MR) is 120 cm³/mol. The highest BCUT2D eigenvalue weighted by atomic mass is 16.4. The standard InChI is InChI=1S/C25H23N3O2/c26-27-23(19-11-5-2-6-12-19)15-21(25(29)30)22-17-28(16-18-9-3-1-4-10-18)24-14-8-7-13-20(22)24/h1-14,17,21H,15-16,26H2,(H,29,30)/t21-/m1/s1. The zero-order chi connectivity index (χ0) is 20.9. The number of benzene rings is 3. The van der Waals surface area contributed by atoms with Crippen molar-refractivity contribution in [2.24, 2.45) is 10.9 Å². The molecule has 1 heterocycles. The van der Waals surface area contributed by atoms with Crippen LogP contribution in [0.1, 0.15) is 29.0 Å². The maximum atomic E-state index is 12.3. The maximum absolute atomic E-state index is 12.3. The van der Waals surface area contributed by atoms with Crippen molar-refractivity contribution in [1.29, 1.82) is 0 Å². The molecular weight excluding hydrogens is 374 g/mol. The Kier molecular flexibility index (Phi) is 5.61. The van der Waals surface area contributed by atoms with Gasteiger partial charge in [0.15, 0.2) is 0 Å². The number of hydrazone groups is 1. The topological polar surface area (TPSA) is 80.6 Å². The van der Waals surface area contributed by atoms with Crippen molar-refractivity contribution in [2.75, 3.05) is 0 Å². The fourth-order valence-corrected chi connectivity index (χ4v) is 3.86. The summed E-state index contributed by atoms with van der Waals surface area (Å²) in [5, 5.41) is 14.9. The average molecular weight is 397 g/mol. The molecule has 5 nitrogen and oxygen atoms in total. The van der Waals surface area contributed by atoms with Crippen LogP contribution in [-0.4, -0.2) is 21.4 Å². The molecule has 0 amide bonds. The van der Waals surface area contributed by atoms with Gasteiger partial charge in [0, 0.05) is 30.1 Å². The largest absolute Gasteiger partial charge is 0.481 e. The highest BCUT2D eigenvalue weighted by Gasteiger charge is 2.26. The van der Waals surface area contributed by atoms with E-state index in [4.69, 9.17) is 5.84 Å². The number of carbonyl (C=O) groups is 1. The molecule has 3 N–H and O–H groups in total.